The third-order valence-corrected chi connectivity index (χ3v) is 3.50. The van der Waals surface area contributed by atoms with Crippen molar-refractivity contribution in [3.63, 3.8) is 0 Å². The van der Waals surface area contributed by atoms with Crippen molar-refractivity contribution in [1.29, 1.82) is 0 Å². The Morgan fingerprint density at radius 2 is 1.07 bits per heavy atom. The topological polar surface area (TPSA) is 0 Å². The zero-order valence-corrected chi connectivity index (χ0v) is 23.6. The molecule has 0 radical (unpaired) electrons. The van der Waals surface area contributed by atoms with Gasteiger partial charge < -0.3 is 0 Å². The van der Waals surface area contributed by atoms with Crippen molar-refractivity contribution in [3.05, 3.63) is 35.4 Å². The number of unbranched alkanes of at least 4 members (excludes halogenated alkanes) is 1. The summed E-state index contributed by atoms with van der Waals surface area (Å²) in [4.78, 5) is 0. The highest BCUT2D eigenvalue weighted by atomic mass is 14.2. The van der Waals surface area contributed by atoms with Crippen LogP contribution in [0.4, 0.5) is 0 Å². The minimum absolute atomic E-state index is 0.281. The maximum absolute atomic E-state index is 2.27. The van der Waals surface area contributed by atoms with E-state index >= 15 is 0 Å². The van der Waals surface area contributed by atoms with Crippen LogP contribution in [0.3, 0.4) is 0 Å². The molecular weight excluding hydrogens is 348 g/mol. The minimum atomic E-state index is 0.281. The van der Waals surface area contributed by atoms with E-state index in [1.807, 2.05) is 41.5 Å². The maximum Gasteiger partial charge on any atom is -0.0132 e. The number of benzene rings is 1. The van der Waals surface area contributed by atoms with Gasteiger partial charge in [0.2, 0.25) is 0 Å². The van der Waals surface area contributed by atoms with Gasteiger partial charge in [0.1, 0.15) is 0 Å². The van der Waals surface area contributed by atoms with Gasteiger partial charge in [-0.1, -0.05) is 154 Å². The molecule has 0 bridgehead atoms. The van der Waals surface area contributed by atoms with Crippen LogP contribution in [0.15, 0.2) is 24.3 Å². The van der Waals surface area contributed by atoms with Crippen molar-refractivity contribution in [2.24, 2.45) is 5.92 Å². The number of hydrogen-bond acceptors (Lipinski definition) is 0. The van der Waals surface area contributed by atoms with E-state index in [9.17, 15) is 0 Å². The predicted molar refractivity (Wildman–Crippen MR) is 144 cm³/mol. The van der Waals surface area contributed by atoms with E-state index in [-0.39, 0.29) is 5.41 Å². The van der Waals surface area contributed by atoms with Crippen LogP contribution in [0.25, 0.3) is 0 Å². The van der Waals surface area contributed by atoms with E-state index < -0.39 is 0 Å². The Labute approximate surface area is 189 Å². The SMILES string of the molecule is CC.CC.CC.CCC.CCCC(C)C.CCCCc1ccc(C(C)(C)C)cc1. The Hall–Kier alpha value is -0.780. The first-order valence-electron chi connectivity index (χ1n) is 12.8. The lowest BCUT2D eigenvalue weighted by Crippen LogP contribution is -2.10. The van der Waals surface area contributed by atoms with Gasteiger partial charge in [-0.05, 0) is 35.3 Å². The third kappa shape index (κ3) is 35.1. The zero-order valence-electron chi connectivity index (χ0n) is 23.6. The fraction of sp³-hybridized carbons (Fsp3) is 0.793. The summed E-state index contributed by atoms with van der Waals surface area (Å²) in [6.45, 7) is 32.0. The van der Waals surface area contributed by atoms with Crippen molar-refractivity contribution < 1.29 is 0 Å². The van der Waals surface area contributed by atoms with Gasteiger partial charge in [0.25, 0.3) is 0 Å². The Balaban J connectivity index is -0.000000107. The van der Waals surface area contributed by atoms with Crippen molar-refractivity contribution in [3.8, 4) is 0 Å². The molecule has 0 aliphatic heterocycles. The summed E-state index contributed by atoms with van der Waals surface area (Å²) in [5, 5.41) is 0. The molecule has 0 spiro atoms. The lowest BCUT2D eigenvalue weighted by molar-refractivity contribution is 0.576. The third-order valence-electron chi connectivity index (χ3n) is 3.50. The van der Waals surface area contributed by atoms with Crippen molar-refractivity contribution in [2.75, 3.05) is 0 Å². The van der Waals surface area contributed by atoms with Crippen LogP contribution in [0.1, 0.15) is 147 Å². The number of hydrogen-bond donors (Lipinski definition) is 0. The second-order valence-corrected chi connectivity index (χ2v) is 7.94. The Morgan fingerprint density at radius 1 is 0.690 bits per heavy atom. The fourth-order valence-electron chi connectivity index (χ4n) is 2.13. The summed E-state index contributed by atoms with van der Waals surface area (Å²) >= 11 is 0. The van der Waals surface area contributed by atoms with Crippen molar-refractivity contribution in [2.45, 2.75) is 148 Å². The highest BCUT2D eigenvalue weighted by molar-refractivity contribution is 5.27. The molecule has 0 aliphatic carbocycles. The molecule has 1 rings (SSSR count). The van der Waals surface area contributed by atoms with E-state index in [1.165, 1.54) is 49.7 Å². The molecule has 0 heteroatoms. The highest BCUT2D eigenvalue weighted by Crippen LogP contribution is 2.22. The largest absolute Gasteiger partial charge is 0.0683 e. The van der Waals surface area contributed by atoms with Gasteiger partial charge in [-0.25, -0.2) is 0 Å². The van der Waals surface area contributed by atoms with Gasteiger partial charge in [-0.15, -0.1) is 0 Å². The molecule has 1 aromatic rings. The molecule has 29 heavy (non-hydrogen) atoms. The average Bonchev–Trinajstić information content (AvgIpc) is 2.71. The molecule has 0 aliphatic rings. The molecule has 0 N–H and O–H groups in total. The van der Waals surface area contributed by atoms with Crippen molar-refractivity contribution >= 4 is 0 Å². The van der Waals surface area contributed by atoms with Crippen LogP contribution in [-0.4, -0.2) is 0 Å². The van der Waals surface area contributed by atoms with Crippen LogP contribution in [0, 0.1) is 5.92 Å². The second kappa shape index (κ2) is 31.9. The van der Waals surface area contributed by atoms with Crippen LogP contribution in [0.5, 0.6) is 0 Å². The molecular formula is C29H62. The molecule has 0 heterocycles. The first kappa shape index (κ1) is 38.8. The first-order chi connectivity index (χ1) is 13.7. The van der Waals surface area contributed by atoms with Crippen LogP contribution in [0.2, 0.25) is 0 Å². The van der Waals surface area contributed by atoms with Crippen LogP contribution < -0.4 is 0 Å². The summed E-state index contributed by atoms with van der Waals surface area (Å²) in [5.41, 5.74) is 3.18. The van der Waals surface area contributed by atoms with Crippen LogP contribution in [-0.2, 0) is 11.8 Å². The molecule has 0 saturated carbocycles. The normalized spacial score (nSPS) is 8.97. The molecule has 0 saturated heterocycles. The van der Waals surface area contributed by atoms with E-state index in [1.54, 1.807) is 0 Å². The summed E-state index contributed by atoms with van der Waals surface area (Å²) in [6, 6.07) is 9.09. The Morgan fingerprint density at radius 3 is 1.28 bits per heavy atom. The maximum atomic E-state index is 2.27. The Kier molecular flexibility index (Phi) is 42.7. The van der Waals surface area contributed by atoms with E-state index in [0.29, 0.717) is 0 Å². The van der Waals surface area contributed by atoms with E-state index in [0.717, 1.165) is 5.92 Å². The summed E-state index contributed by atoms with van der Waals surface area (Å²) in [6.07, 6.45) is 7.76. The zero-order chi connectivity index (χ0) is 24.3. The second-order valence-electron chi connectivity index (χ2n) is 7.94. The summed E-state index contributed by atoms with van der Waals surface area (Å²) in [5.74, 6) is 0.898. The lowest BCUT2D eigenvalue weighted by Gasteiger charge is -2.19. The smallest absolute Gasteiger partial charge is 0.0132 e. The van der Waals surface area contributed by atoms with Crippen LogP contribution >= 0.6 is 0 Å². The molecule has 0 amide bonds. The lowest BCUT2D eigenvalue weighted by atomic mass is 9.86. The summed E-state index contributed by atoms with van der Waals surface area (Å²) in [7, 11) is 0. The predicted octanol–water partition coefficient (Wildman–Crippen LogP) is 11.3. The van der Waals surface area contributed by atoms with E-state index in [2.05, 4.69) is 86.6 Å². The standard InChI is InChI=1S/C14H22.C6H14.C3H8.3C2H6/c1-5-6-7-12-8-10-13(11-9-12)14(2,3)4;1-4-5-6(2)3;1-3-2;3*1-2/h8-11H,5-7H2,1-4H3;6H,4-5H2,1-3H3;3H2,1-2H3;3*1-2H3. The molecule has 0 nitrogen and oxygen atoms in total. The highest BCUT2D eigenvalue weighted by Gasteiger charge is 2.12. The molecule has 1 aromatic carbocycles. The first-order valence-corrected chi connectivity index (χ1v) is 12.8. The van der Waals surface area contributed by atoms with Gasteiger partial charge in [0, 0.05) is 0 Å². The number of aryl methyl sites for hydroxylation is 1. The quantitative estimate of drug-likeness (QED) is 0.452. The summed E-state index contributed by atoms with van der Waals surface area (Å²) < 4.78 is 0. The molecule has 178 valence electrons. The Bertz CT molecular complexity index is 337. The minimum Gasteiger partial charge on any atom is -0.0683 e. The molecule has 0 fully saturated rings. The van der Waals surface area contributed by atoms with E-state index in [4.69, 9.17) is 0 Å². The van der Waals surface area contributed by atoms with Gasteiger partial charge in [-0.2, -0.15) is 0 Å². The molecule has 0 unspecified atom stereocenters. The average molecular weight is 411 g/mol. The fourth-order valence-corrected chi connectivity index (χ4v) is 2.13. The van der Waals surface area contributed by atoms with Gasteiger partial charge in [0.05, 0.1) is 0 Å². The van der Waals surface area contributed by atoms with Gasteiger partial charge >= 0.3 is 0 Å². The number of rotatable bonds is 5. The molecule has 0 atom stereocenters. The van der Waals surface area contributed by atoms with Gasteiger partial charge in [-0.3, -0.25) is 0 Å². The van der Waals surface area contributed by atoms with Crippen molar-refractivity contribution in [1.82, 2.24) is 0 Å². The van der Waals surface area contributed by atoms with Gasteiger partial charge in [0.15, 0.2) is 0 Å². The molecule has 0 aromatic heterocycles. The monoisotopic (exact) mass is 410 g/mol.